The average Bonchev–Trinajstić information content (AvgIpc) is 2.70. The number of rotatable bonds is 2. The Kier molecular flexibility index (Phi) is 3.38. The minimum Gasteiger partial charge on any atom is -0.349 e. The van der Waals surface area contributed by atoms with E-state index in [0.717, 1.165) is 24.9 Å². The Bertz CT molecular complexity index is 323. The highest BCUT2D eigenvalue weighted by atomic mass is 32.1. The van der Waals surface area contributed by atoms with Crippen LogP contribution in [0.4, 0.5) is 0 Å². The molecule has 3 nitrogen and oxygen atoms in total. The summed E-state index contributed by atoms with van der Waals surface area (Å²) in [7, 11) is 0. The number of carbonyl (C=O) groups is 1. The van der Waals surface area contributed by atoms with Gasteiger partial charge >= 0.3 is 0 Å². The maximum atomic E-state index is 11.8. The fourth-order valence-electron chi connectivity index (χ4n) is 1.93. The van der Waals surface area contributed by atoms with Crippen LogP contribution >= 0.6 is 11.3 Å². The van der Waals surface area contributed by atoms with Gasteiger partial charge in [-0.15, -0.1) is 0 Å². The molecule has 4 heteroatoms. The van der Waals surface area contributed by atoms with Gasteiger partial charge in [0, 0.05) is 23.0 Å². The van der Waals surface area contributed by atoms with E-state index in [0.29, 0.717) is 12.1 Å². The number of carbonyl (C=O) groups excluding carboxylic acids is 1. The fraction of sp³-hybridized carbons (Fsp3) is 0.545. The van der Waals surface area contributed by atoms with Crippen molar-refractivity contribution in [3.63, 3.8) is 0 Å². The van der Waals surface area contributed by atoms with E-state index in [1.165, 1.54) is 0 Å². The molecule has 2 N–H and O–H groups in total. The van der Waals surface area contributed by atoms with Crippen LogP contribution in [-0.4, -0.2) is 24.5 Å². The Hall–Kier alpha value is -0.870. The molecule has 0 aliphatic carbocycles. The number of amides is 1. The second-order valence-electron chi connectivity index (χ2n) is 4.06. The Morgan fingerprint density at radius 1 is 1.67 bits per heavy atom. The van der Waals surface area contributed by atoms with Gasteiger partial charge in [-0.25, -0.2) is 0 Å². The number of thiophene rings is 1. The molecule has 15 heavy (non-hydrogen) atoms. The van der Waals surface area contributed by atoms with Crippen molar-refractivity contribution < 1.29 is 4.79 Å². The van der Waals surface area contributed by atoms with Crippen molar-refractivity contribution in [3.05, 3.63) is 22.4 Å². The minimum absolute atomic E-state index is 0.0651. The first kappa shape index (κ1) is 10.6. The molecule has 2 unspecified atom stereocenters. The Balaban J connectivity index is 1.89. The van der Waals surface area contributed by atoms with Gasteiger partial charge in [0.05, 0.1) is 0 Å². The summed E-state index contributed by atoms with van der Waals surface area (Å²) in [5, 5.41) is 10.3. The van der Waals surface area contributed by atoms with Crippen LogP contribution < -0.4 is 10.6 Å². The third kappa shape index (κ3) is 2.79. The van der Waals surface area contributed by atoms with Gasteiger partial charge < -0.3 is 10.6 Å². The molecule has 1 amide bonds. The average molecular weight is 224 g/mol. The van der Waals surface area contributed by atoms with Crippen molar-refractivity contribution in [1.29, 1.82) is 0 Å². The van der Waals surface area contributed by atoms with Crippen LogP contribution in [0.3, 0.4) is 0 Å². The maximum absolute atomic E-state index is 11.8. The molecule has 0 aromatic carbocycles. The lowest BCUT2D eigenvalue weighted by atomic mass is 10.0. The van der Waals surface area contributed by atoms with Crippen molar-refractivity contribution in [3.8, 4) is 0 Å². The van der Waals surface area contributed by atoms with Gasteiger partial charge in [-0.2, -0.15) is 11.3 Å². The zero-order valence-electron chi connectivity index (χ0n) is 8.82. The molecule has 1 aromatic heterocycles. The zero-order valence-corrected chi connectivity index (χ0v) is 9.64. The van der Waals surface area contributed by atoms with Crippen molar-refractivity contribution in [2.45, 2.75) is 31.8 Å². The Morgan fingerprint density at radius 3 is 3.20 bits per heavy atom. The molecule has 0 bridgehead atoms. The minimum atomic E-state index is 0.0651. The van der Waals surface area contributed by atoms with Crippen molar-refractivity contribution in [2.75, 3.05) is 6.54 Å². The third-order valence-corrected chi connectivity index (χ3v) is 3.43. The molecule has 2 heterocycles. The summed E-state index contributed by atoms with van der Waals surface area (Å²) in [6.07, 6.45) is 2.05. The molecule has 1 aliphatic rings. The van der Waals surface area contributed by atoms with Gasteiger partial charge in [0.2, 0.25) is 0 Å². The van der Waals surface area contributed by atoms with E-state index in [-0.39, 0.29) is 5.91 Å². The van der Waals surface area contributed by atoms with E-state index < -0.39 is 0 Å². The topological polar surface area (TPSA) is 41.1 Å². The van der Waals surface area contributed by atoms with E-state index >= 15 is 0 Å². The predicted octanol–water partition coefficient (Wildman–Crippen LogP) is 1.62. The molecule has 2 atom stereocenters. The number of nitrogens with one attached hydrogen (secondary N) is 2. The van der Waals surface area contributed by atoms with Crippen molar-refractivity contribution in [1.82, 2.24) is 10.6 Å². The van der Waals surface area contributed by atoms with Gasteiger partial charge in [-0.1, -0.05) is 0 Å². The van der Waals surface area contributed by atoms with Crippen molar-refractivity contribution >= 4 is 17.2 Å². The second-order valence-corrected chi connectivity index (χ2v) is 4.84. The van der Waals surface area contributed by atoms with E-state index in [1.54, 1.807) is 11.3 Å². The first-order valence-electron chi connectivity index (χ1n) is 5.32. The SMILES string of the molecule is CC1CC(NC(=O)c2ccsc2)CCN1. The van der Waals surface area contributed by atoms with E-state index in [2.05, 4.69) is 17.6 Å². The quantitative estimate of drug-likeness (QED) is 0.801. The summed E-state index contributed by atoms with van der Waals surface area (Å²) in [5.41, 5.74) is 0.784. The molecule has 1 fully saturated rings. The lowest BCUT2D eigenvalue weighted by Gasteiger charge is -2.28. The smallest absolute Gasteiger partial charge is 0.252 e. The van der Waals surface area contributed by atoms with Crippen LogP contribution in [0.25, 0.3) is 0 Å². The Morgan fingerprint density at radius 2 is 2.53 bits per heavy atom. The highest BCUT2D eigenvalue weighted by Crippen LogP contribution is 2.11. The lowest BCUT2D eigenvalue weighted by molar-refractivity contribution is 0.0926. The number of hydrogen-bond acceptors (Lipinski definition) is 3. The monoisotopic (exact) mass is 224 g/mol. The van der Waals surface area contributed by atoms with Crippen LogP contribution in [0.5, 0.6) is 0 Å². The predicted molar refractivity (Wildman–Crippen MR) is 62.3 cm³/mol. The highest BCUT2D eigenvalue weighted by molar-refractivity contribution is 7.08. The first-order chi connectivity index (χ1) is 7.25. The second kappa shape index (κ2) is 4.77. The van der Waals surface area contributed by atoms with Crippen LogP contribution in [0, 0.1) is 0 Å². The molecular weight excluding hydrogens is 208 g/mol. The molecule has 82 valence electrons. The lowest BCUT2D eigenvalue weighted by Crippen LogP contribution is -2.46. The normalized spacial score (nSPS) is 26.2. The van der Waals surface area contributed by atoms with E-state index in [9.17, 15) is 4.79 Å². The number of piperidine rings is 1. The molecule has 0 radical (unpaired) electrons. The van der Waals surface area contributed by atoms with Crippen LogP contribution in [0.15, 0.2) is 16.8 Å². The summed E-state index contributed by atoms with van der Waals surface area (Å²) in [6.45, 7) is 3.15. The van der Waals surface area contributed by atoms with Crippen LogP contribution in [0.1, 0.15) is 30.1 Å². The highest BCUT2D eigenvalue weighted by Gasteiger charge is 2.20. The molecule has 2 rings (SSSR count). The summed E-state index contributed by atoms with van der Waals surface area (Å²) in [4.78, 5) is 11.8. The maximum Gasteiger partial charge on any atom is 0.252 e. The molecule has 1 aromatic rings. The van der Waals surface area contributed by atoms with Gasteiger partial charge in [0.25, 0.3) is 5.91 Å². The summed E-state index contributed by atoms with van der Waals surface area (Å²) >= 11 is 1.56. The standard InChI is InChI=1S/C11H16N2OS/c1-8-6-10(2-4-12-8)13-11(14)9-3-5-15-7-9/h3,5,7-8,10,12H,2,4,6H2,1H3,(H,13,14). The van der Waals surface area contributed by atoms with Gasteiger partial charge in [0.15, 0.2) is 0 Å². The third-order valence-electron chi connectivity index (χ3n) is 2.74. The van der Waals surface area contributed by atoms with E-state index in [4.69, 9.17) is 0 Å². The van der Waals surface area contributed by atoms with E-state index in [1.807, 2.05) is 16.8 Å². The molecule has 1 saturated heterocycles. The molecular formula is C11H16N2OS. The summed E-state index contributed by atoms with van der Waals surface area (Å²) in [5.74, 6) is 0.0651. The van der Waals surface area contributed by atoms with Gasteiger partial charge in [0.1, 0.15) is 0 Å². The number of hydrogen-bond donors (Lipinski definition) is 2. The first-order valence-corrected chi connectivity index (χ1v) is 6.26. The summed E-state index contributed by atoms with van der Waals surface area (Å²) < 4.78 is 0. The summed E-state index contributed by atoms with van der Waals surface area (Å²) in [6, 6.07) is 2.70. The molecule has 1 aliphatic heterocycles. The van der Waals surface area contributed by atoms with Crippen LogP contribution in [0.2, 0.25) is 0 Å². The van der Waals surface area contributed by atoms with Crippen molar-refractivity contribution in [2.24, 2.45) is 0 Å². The molecule has 0 spiro atoms. The zero-order chi connectivity index (χ0) is 10.7. The molecule has 0 saturated carbocycles. The van der Waals surface area contributed by atoms with Crippen LogP contribution in [-0.2, 0) is 0 Å². The largest absolute Gasteiger partial charge is 0.349 e. The fourth-order valence-corrected chi connectivity index (χ4v) is 2.56. The Labute approximate surface area is 93.9 Å². The van der Waals surface area contributed by atoms with Gasteiger partial charge in [-0.3, -0.25) is 4.79 Å². The van der Waals surface area contributed by atoms with Gasteiger partial charge in [-0.05, 0) is 37.8 Å².